The maximum Gasteiger partial charge on any atom is 0.170 e. The molecule has 0 bridgehead atoms. The Labute approximate surface area is 138 Å². The maximum absolute atomic E-state index is 13.0. The van der Waals surface area contributed by atoms with Gasteiger partial charge in [0.2, 0.25) is 0 Å². The minimum absolute atomic E-state index is 0.291. The van der Waals surface area contributed by atoms with E-state index in [0.29, 0.717) is 17.3 Å². The van der Waals surface area contributed by atoms with Gasteiger partial charge in [-0.25, -0.2) is 4.39 Å². The van der Waals surface area contributed by atoms with E-state index in [1.807, 2.05) is 24.3 Å². The fourth-order valence-corrected chi connectivity index (χ4v) is 2.72. The highest BCUT2D eigenvalue weighted by molar-refractivity contribution is 7.99. The van der Waals surface area contributed by atoms with Crippen LogP contribution in [0, 0.1) is 5.82 Å². The van der Waals surface area contributed by atoms with Crippen LogP contribution in [-0.2, 0) is 0 Å². The molecule has 110 valence electrons. The number of nitrogens with one attached hydrogen (secondary N) is 2. The third kappa shape index (κ3) is 5.91. The minimum Gasteiger partial charge on any atom is -0.362 e. The zero-order valence-corrected chi connectivity index (χ0v) is 13.5. The summed E-state index contributed by atoms with van der Waals surface area (Å²) in [6.07, 6.45) is 0. The molecule has 0 heterocycles. The Morgan fingerprint density at radius 1 is 1.19 bits per heavy atom. The first kappa shape index (κ1) is 16.1. The zero-order chi connectivity index (χ0) is 15.1. The molecule has 2 aromatic carbocycles. The summed E-state index contributed by atoms with van der Waals surface area (Å²) in [6.45, 7) is 0.717. The van der Waals surface area contributed by atoms with Crippen molar-refractivity contribution in [3.05, 3.63) is 59.4 Å². The average molecular weight is 341 g/mol. The van der Waals surface area contributed by atoms with Gasteiger partial charge < -0.3 is 10.6 Å². The molecule has 0 unspecified atom stereocenters. The fourth-order valence-electron chi connectivity index (χ4n) is 1.61. The summed E-state index contributed by atoms with van der Waals surface area (Å²) in [4.78, 5) is 1.16. The lowest BCUT2D eigenvalue weighted by Crippen LogP contribution is -2.30. The van der Waals surface area contributed by atoms with Gasteiger partial charge in [0, 0.05) is 27.9 Å². The van der Waals surface area contributed by atoms with Gasteiger partial charge in [0.15, 0.2) is 5.11 Å². The van der Waals surface area contributed by atoms with Gasteiger partial charge in [0.25, 0.3) is 0 Å². The maximum atomic E-state index is 13.0. The fraction of sp³-hybridized carbons (Fsp3) is 0.133. The second-order valence-electron chi connectivity index (χ2n) is 4.19. The van der Waals surface area contributed by atoms with Crippen LogP contribution in [0.4, 0.5) is 10.1 Å². The molecule has 21 heavy (non-hydrogen) atoms. The highest BCUT2D eigenvalue weighted by Gasteiger charge is 1.99. The summed E-state index contributed by atoms with van der Waals surface area (Å²) in [6, 6.07) is 13.9. The largest absolute Gasteiger partial charge is 0.362 e. The Bertz CT molecular complexity index is 605. The van der Waals surface area contributed by atoms with Gasteiger partial charge in [-0.05, 0) is 54.7 Å². The molecule has 0 spiro atoms. The van der Waals surface area contributed by atoms with Crippen LogP contribution in [0.3, 0.4) is 0 Å². The van der Waals surface area contributed by atoms with Gasteiger partial charge in [0.05, 0.1) is 0 Å². The van der Waals surface area contributed by atoms with Crippen LogP contribution < -0.4 is 10.6 Å². The van der Waals surface area contributed by atoms with Crippen molar-refractivity contribution < 1.29 is 4.39 Å². The molecule has 2 rings (SSSR count). The average Bonchev–Trinajstić information content (AvgIpc) is 2.45. The Hall–Kier alpha value is -1.30. The van der Waals surface area contributed by atoms with Crippen molar-refractivity contribution >= 4 is 46.4 Å². The summed E-state index contributed by atoms with van der Waals surface area (Å²) < 4.78 is 13.0. The number of halogens is 2. The second-order valence-corrected chi connectivity index (χ2v) is 6.21. The summed E-state index contributed by atoms with van der Waals surface area (Å²) in [5, 5.41) is 7.24. The van der Waals surface area contributed by atoms with Crippen molar-refractivity contribution in [1.29, 1.82) is 0 Å². The normalized spacial score (nSPS) is 10.2. The third-order valence-electron chi connectivity index (χ3n) is 2.55. The number of anilines is 1. The first-order valence-corrected chi connectivity index (χ1v) is 8.09. The van der Waals surface area contributed by atoms with E-state index in [9.17, 15) is 4.39 Å². The monoisotopic (exact) mass is 340 g/mol. The van der Waals surface area contributed by atoms with Crippen molar-refractivity contribution in [2.45, 2.75) is 4.90 Å². The SMILES string of the molecule is Fc1cccc(NC(=S)NCCSc2ccc(Cl)cc2)c1. The number of hydrogen-bond donors (Lipinski definition) is 2. The predicted octanol–water partition coefficient (Wildman–Crippen LogP) is 4.56. The van der Waals surface area contributed by atoms with Gasteiger partial charge in [0.1, 0.15) is 5.82 Å². The molecule has 0 amide bonds. The van der Waals surface area contributed by atoms with E-state index in [1.54, 1.807) is 23.9 Å². The molecule has 0 aliphatic rings. The van der Waals surface area contributed by atoms with Gasteiger partial charge >= 0.3 is 0 Å². The van der Waals surface area contributed by atoms with Crippen LogP contribution in [0.15, 0.2) is 53.4 Å². The van der Waals surface area contributed by atoms with E-state index >= 15 is 0 Å². The highest BCUT2D eigenvalue weighted by Crippen LogP contribution is 2.19. The Morgan fingerprint density at radius 3 is 2.67 bits per heavy atom. The molecule has 2 nitrogen and oxygen atoms in total. The van der Waals surface area contributed by atoms with Crippen molar-refractivity contribution in [3.8, 4) is 0 Å². The number of hydrogen-bond acceptors (Lipinski definition) is 2. The van der Waals surface area contributed by atoms with Crippen LogP contribution in [0.2, 0.25) is 5.02 Å². The van der Waals surface area contributed by atoms with E-state index in [-0.39, 0.29) is 5.82 Å². The molecule has 2 N–H and O–H groups in total. The van der Waals surface area contributed by atoms with Crippen LogP contribution in [-0.4, -0.2) is 17.4 Å². The molecule has 0 aromatic heterocycles. The third-order valence-corrected chi connectivity index (χ3v) is 4.06. The Kier molecular flexibility index (Phi) is 6.29. The quantitative estimate of drug-likeness (QED) is 0.473. The minimum atomic E-state index is -0.291. The lowest BCUT2D eigenvalue weighted by Gasteiger charge is -2.10. The van der Waals surface area contributed by atoms with Crippen molar-refractivity contribution in [3.63, 3.8) is 0 Å². The summed E-state index contributed by atoms with van der Waals surface area (Å²) >= 11 is 12.7. The van der Waals surface area contributed by atoms with E-state index < -0.39 is 0 Å². The van der Waals surface area contributed by atoms with Gasteiger partial charge in [-0.1, -0.05) is 17.7 Å². The number of thiocarbonyl (C=S) groups is 1. The van der Waals surface area contributed by atoms with E-state index in [2.05, 4.69) is 10.6 Å². The first-order valence-electron chi connectivity index (χ1n) is 6.32. The standard InChI is InChI=1S/C15H14ClFN2S2/c16-11-4-6-14(7-5-11)21-9-8-18-15(20)19-13-3-1-2-12(17)10-13/h1-7,10H,8-9H2,(H2,18,19,20). The summed E-state index contributed by atoms with van der Waals surface area (Å²) in [7, 11) is 0. The van der Waals surface area contributed by atoms with Crippen molar-refractivity contribution in [2.75, 3.05) is 17.6 Å². The van der Waals surface area contributed by atoms with Gasteiger partial charge in [-0.2, -0.15) is 0 Å². The first-order chi connectivity index (χ1) is 10.1. The molecule has 0 aliphatic carbocycles. The van der Waals surface area contributed by atoms with Gasteiger partial charge in [-0.3, -0.25) is 0 Å². The highest BCUT2D eigenvalue weighted by atomic mass is 35.5. The summed E-state index contributed by atoms with van der Waals surface area (Å²) in [5.41, 5.74) is 0.637. The molecule has 2 aromatic rings. The predicted molar refractivity (Wildman–Crippen MR) is 92.8 cm³/mol. The molecule has 0 atom stereocenters. The number of thioether (sulfide) groups is 1. The molecule has 0 aliphatic heterocycles. The lowest BCUT2D eigenvalue weighted by atomic mass is 10.3. The van der Waals surface area contributed by atoms with Crippen LogP contribution in [0.25, 0.3) is 0 Å². The Morgan fingerprint density at radius 2 is 1.95 bits per heavy atom. The smallest absolute Gasteiger partial charge is 0.170 e. The molecule has 0 saturated heterocycles. The molecule has 0 radical (unpaired) electrons. The van der Waals surface area contributed by atoms with Crippen molar-refractivity contribution in [1.82, 2.24) is 5.32 Å². The van der Waals surface area contributed by atoms with Crippen LogP contribution >= 0.6 is 35.6 Å². The number of rotatable bonds is 5. The molecular weight excluding hydrogens is 327 g/mol. The van der Waals surface area contributed by atoms with Gasteiger partial charge in [-0.15, -0.1) is 11.8 Å². The molecule has 0 saturated carbocycles. The summed E-state index contributed by atoms with van der Waals surface area (Å²) in [5.74, 6) is 0.577. The molecule has 0 fully saturated rings. The van der Waals surface area contributed by atoms with E-state index in [1.165, 1.54) is 12.1 Å². The topological polar surface area (TPSA) is 24.1 Å². The molecule has 6 heteroatoms. The van der Waals surface area contributed by atoms with Crippen LogP contribution in [0.5, 0.6) is 0 Å². The Balaban J connectivity index is 1.68. The molecular formula is C15H14ClFN2S2. The lowest BCUT2D eigenvalue weighted by molar-refractivity contribution is 0.628. The zero-order valence-electron chi connectivity index (χ0n) is 11.1. The van der Waals surface area contributed by atoms with E-state index in [0.717, 1.165) is 15.7 Å². The van der Waals surface area contributed by atoms with Crippen molar-refractivity contribution in [2.24, 2.45) is 0 Å². The van der Waals surface area contributed by atoms with Crippen LogP contribution in [0.1, 0.15) is 0 Å². The number of benzene rings is 2. The van der Waals surface area contributed by atoms with E-state index in [4.69, 9.17) is 23.8 Å². The second kappa shape index (κ2) is 8.22.